The van der Waals surface area contributed by atoms with Gasteiger partial charge in [0.15, 0.2) is 0 Å². The van der Waals surface area contributed by atoms with E-state index in [4.69, 9.17) is 5.73 Å². The summed E-state index contributed by atoms with van der Waals surface area (Å²) in [4.78, 5) is 17.2. The second-order valence-corrected chi connectivity index (χ2v) is 6.96. The monoisotopic (exact) mass is 358 g/mol. The van der Waals surface area contributed by atoms with Crippen molar-refractivity contribution in [3.8, 4) is 0 Å². The molecule has 0 radical (unpaired) electrons. The van der Waals surface area contributed by atoms with Crippen LogP contribution in [0.2, 0.25) is 0 Å². The number of nitrogens with one attached hydrogen (secondary N) is 2. The predicted molar refractivity (Wildman–Crippen MR) is 108 cm³/mol. The van der Waals surface area contributed by atoms with E-state index in [-0.39, 0.29) is 11.9 Å². The Bertz CT molecular complexity index is 974. The third kappa shape index (κ3) is 3.77. The molecule has 27 heavy (non-hydrogen) atoms. The summed E-state index contributed by atoms with van der Waals surface area (Å²) in [5, 5.41) is 6.33. The maximum Gasteiger partial charge on any atom is 0.270 e. The van der Waals surface area contributed by atoms with Crippen LogP contribution in [0.5, 0.6) is 0 Å². The van der Waals surface area contributed by atoms with Crippen LogP contribution >= 0.6 is 0 Å². The molecule has 0 bridgehead atoms. The zero-order chi connectivity index (χ0) is 18.8. The van der Waals surface area contributed by atoms with Crippen molar-refractivity contribution in [3.05, 3.63) is 83.0 Å². The number of nitrogens with zero attached hydrogens (tertiary/aromatic N) is 1. The summed E-state index contributed by atoms with van der Waals surface area (Å²) in [6.07, 6.45) is 1.69. The highest BCUT2D eigenvalue weighted by Gasteiger charge is 2.23. The number of hydrogen-bond donors (Lipinski definition) is 3. The second kappa shape index (κ2) is 7.11. The first-order valence-electron chi connectivity index (χ1n) is 9.06. The van der Waals surface area contributed by atoms with Gasteiger partial charge in [0.05, 0.1) is 0 Å². The SMILES string of the molecule is Cc1ccccc1Nc1cc(N)cc(C(=O)NC2Cc3ccccc3C2)n1. The third-order valence-corrected chi connectivity index (χ3v) is 4.87. The van der Waals surface area contributed by atoms with E-state index in [0.29, 0.717) is 17.2 Å². The van der Waals surface area contributed by atoms with Crippen molar-refractivity contribution in [1.29, 1.82) is 0 Å². The van der Waals surface area contributed by atoms with Gasteiger partial charge in [0, 0.05) is 23.5 Å². The first-order valence-corrected chi connectivity index (χ1v) is 9.06. The maximum atomic E-state index is 12.7. The molecule has 0 atom stereocenters. The molecule has 1 aliphatic carbocycles. The lowest BCUT2D eigenvalue weighted by Gasteiger charge is -2.14. The van der Waals surface area contributed by atoms with E-state index < -0.39 is 0 Å². The molecule has 5 heteroatoms. The second-order valence-electron chi connectivity index (χ2n) is 6.96. The fraction of sp³-hybridized carbons (Fsp3) is 0.182. The Labute approximate surface area is 158 Å². The summed E-state index contributed by atoms with van der Waals surface area (Å²) >= 11 is 0. The molecule has 0 aliphatic heterocycles. The molecule has 0 saturated carbocycles. The Balaban J connectivity index is 1.50. The van der Waals surface area contributed by atoms with Gasteiger partial charge in [-0.2, -0.15) is 0 Å². The molecule has 1 heterocycles. The van der Waals surface area contributed by atoms with Gasteiger partial charge in [0.25, 0.3) is 5.91 Å². The zero-order valence-electron chi connectivity index (χ0n) is 15.2. The van der Waals surface area contributed by atoms with Crippen LogP contribution < -0.4 is 16.4 Å². The number of fused-ring (bicyclic) bond motifs is 1. The van der Waals surface area contributed by atoms with E-state index in [1.54, 1.807) is 12.1 Å². The number of carbonyl (C=O) groups excluding carboxylic acids is 1. The Morgan fingerprint density at radius 2 is 1.70 bits per heavy atom. The summed E-state index contributed by atoms with van der Waals surface area (Å²) in [6.45, 7) is 2.01. The van der Waals surface area contributed by atoms with Crippen molar-refractivity contribution in [2.24, 2.45) is 0 Å². The van der Waals surface area contributed by atoms with E-state index in [2.05, 4.69) is 27.8 Å². The van der Waals surface area contributed by atoms with Crippen LogP contribution in [0.25, 0.3) is 0 Å². The Hall–Kier alpha value is -3.34. The fourth-order valence-corrected chi connectivity index (χ4v) is 3.50. The lowest BCUT2D eigenvalue weighted by Crippen LogP contribution is -2.35. The average molecular weight is 358 g/mol. The van der Waals surface area contributed by atoms with Gasteiger partial charge in [-0.05, 0) is 48.6 Å². The molecule has 0 spiro atoms. The van der Waals surface area contributed by atoms with Crippen LogP contribution in [0.4, 0.5) is 17.2 Å². The quantitative estimate of drug-likeness (QED) is 0.665. The van der Waals surface area contributed by atoms with E-state index in [1.165, 1.54) is 11.1 Å². The number of hydrogen-bond acceptors (Lipinski definition) is 4. The largest absolute Gasteiger partial charge is 0.399 e. The van der Waals surface area contributed by atoms with Gasteiger partial charge >= 0.3 is 0 Å². The molecule has 4 N–H and O–H groups in total. The molecule has 136 valence electrons. The highest BCUT2D eigenvalue weighted by Crippen LogP contribution is 2.23. The molecule has 2 aromatic carbocycles. The van der Waals surface area contributed by atoms with Crippen LogP contribution in [-0.2, 0) is 12.8 Å². The number of nitrogen functional groups attached to an aromatic ring is 1. The highest BCUT2D eigenvalue weighted by atomic mass is 16.1. The maximum absolute atomic E-state index is 12.7. The third-order valence-electron chi connectivity index (χ3n) is 4.87. The number of rotatable bonds is 4. The summed E-state index contributed by atoms with van der Waals surface area (Å²) < 4.78 is 0. The van der Waals surface area contributed by atoms with Crippen LogP contribution in [-0.4, -0.2) is 16.9 Å². The summed E-state index contributed by atoms with van der Waals surface area (Å²) in [5.74, 6) is 0.358. The topological polar surface area (TPSA) is 80.0 Å². The molecular weight excluding hydrogens is 336 g/mol. The standard InChI is InChI=1S/C22H22N4O/c1-14-6-2-5-9-19(14)25-21-13-17(23)12-20(26-21)22(27)24-18-10-15-7-3-4-8-16(15)11-18/h2-9,12-13,18H,10-11H2,1H3,(H,24,27)(H3,23,25,26). The van der Waals surface area contributed by atoms with Crippen molar-refractivity contribution in [3.63, 3.8) is 0 Å². The smallest absolute Gasteiger partial charge is 0.270 e. The van der Waals surface area contributed by atoms with Crippen LogP contribution in [0.1, 0.15) is 27.2 Å². The molecule has 3 aromatic rings. The van der Waals surface area contributed by atoms with Gasteiger partial charge in [-0.1, -0.05) is 42.5 Å². The van der Waals surface area contributed by atoms with E-state index >= 15 is 0 Å². The van der Waals surface area contributed by atoms with Gasteiger partial charge in [-0.15, -0.1) is 0 Å². The van der Waals surface area contributed by atoms with Crippen molar-refractivity contribution >= 4 is 23.1 Å². The number of benzene rings is 2. The lowest BCUT2D eigenvalue weighted by atomic mass is 10.1. The van der Waals surface area contributed by atoms with Gasteiger partial charge < -0.3 is 16.4 Å². The van der Waals surface area contributed by atoms with E-state index in [1.807, 2.05) is 43.3 Å². The number of pyridine rings is 1. The predicted octanol–water partition coefficient (Wildman–Crippen LogP) is 3.61. The molecule has 0 fully saturated rings. The molecule has 1 amide bonds. The van der Waals surface area contributed by atoms with Crippen LogP contribution in [0.15, 0.2) is 60.7 Å². The molecule has 1 aliphatic rings. The van der Waals surface area contributed by atoms with E-state index in [9.17, 15) is 4.79 Å². The Morgan fingerprint density at radius 1 is 1.04 bits per heavy atom. The van der Waals surface area contributed by atoms with Crippen molar-refractivity contribution in [2.75, 3.05) is 11.1 Å². The molecule has 4 rings (SSSR count). The molecule has 1 aromatic heterocycles. The molecule has 0 unspecified atom stereocenters. The number of aromatic nitrogens is 1. The first-order chi connectivity index (χ1) is 13.1. The molecule has 5 nitrogen and oxygen atoms in total. The van der Waals surface area contributed by atoms with Gasteiger partial charge in [0.1, 0.15) is 11.5 Å². The Morgan fingerprint density at radius 3 is 2.41 bits per heavy atom. The van der Waals surface area contributed by atoms with Crippen molar-refractivity contribution in [2.45, 2.75) is 25.8 Å². The van der Waals surface area contributed by atoms with Crippen molar-refractivity contribution < 1.29 is 4.79 Å². The minimum atomic E-state index is -0.201. The molecular formula is C22H22N4O. The first kappa shape index (κ1) is 17.1. The number of anilines is 3. The zero-order valence-corrected chi connectivity index (χ0v) is 15.2. The lowest BCUT2D eigenvalue weighted by molar-refractivity contribution is 0.0933. The summed E-state index contributed by atoms with van der Waals surface area (Å²) in [6, 6.07) is 19.6. The van der Waals surface area contributed by atoms with Gasteiger partial charge in [-0.3, -0.25) is 4.79 Å². The average Bonchev–Trinajstić information content (AvgIpc) is 3.05. The van der Waals surface area contributed by atoms with Gasteiger partial charge in [-0.25, -0.2) is 4.98 Å². The summed E-state index contributed by atoms with van der Waals surface area (Å²) in [5.41, 5.74) is 11.5. The van der Waals surface area contributed by atoms with Crippen LogP contribution in [0, 0.1) is 6.92 Å². The number of amides is 1. The number of aryl methyl sites for hydroxylation is 1. The normalized spacial score (nSPS) is 13.2. The minimum Gasteiger partial charge on any atom is -0.399 e. The fourth-order valence-electron chi connectivity index (χ4n) is 3.50. The van der Waals surface area contributed by atoms with Gasteiger partial charge in [0.2, 0.25) is 0 Å². The van der Waals surface area contributed by atoms with Crippen LogP contribution in [0.3, 0.4) is 0 Å². The van der Waals surface area contributed by atoms with E-state index in [0.717, 1.165) is 24.1 Å². The number of nitrogens with two attached hydrogens (primary N) is 1. The van der Waals surface area contributed by atoms with Crippen molar-refractivity contribution in [1.82, 2.24) is 10.3 Å². The number of carbonyl (C=O) groups is 1. The highest BCUT2D eigenvalue weighted by molar-refractivity contribution is 5.94. The minimum absolute atomic E-state index is 0.0888. The molecule has 0 saturated heterocycles. The number of para-hydroxylation sites is 1. The Kier molecular flexibility index (Phi) is 4.50. The summed E-state index contributed by atoms with van der Waals surface area (Å²) in [7, 11) is 0.